The largest absolute Gasteiger partial charge is 0.444 e. The summed E-state index contributed by atoms with van der Waals surface area (Å²) in [6.07, 6.45) is -0.322. The van der Waals surface area contributed by atoms with E-state index in [9.17, 15) is 9.59 Å². The molecule has 27 heavy (non-hydrogen) atoms. The van der Waals surface area contributed by atoms with Gasteiger partial charge < -0.3 is 14.5 Å². The summed E-state index contributed by atoms with van der Waals surface area (Å²) in [5, 5.41) is 2.10. The van der Waals surface area contributed by atoms with E-state index in [1.54, 1.807) is 4.90 Å². The second-order valence-corrected chi connectivity index (χ2v) is 8.80. The molecular formula is C21H25BrN2O3. The quantitative estimate of drug-likeness (QED) is 0.656. The molecule has 0 bridgehead atoms. The van der Waals surface area contributed by atoms with E-state index >= 15 is 0 Å². The maximum Gasteiger partial charge on any atom is 0.410 e. The van der Waals surface area contributed by atoms with Crippen molar-refractivity contribution in [1.29, 1.82) is 0 Å². The van der Waals surface area contributed by atoms with Gasteiger partial charge in [-0.2, -0.15) is 0 Å². The second-order valence-electron chi connectivity index (χ2n) is 7.95. The molecule has 0 radical (unpaired) electrons. The lowest BCUT2D eigenvalue weighted by Crippen LogP contribution is -2.56. The Kier molecular flexibility index (Phi) is 5.47. The summed E-state index contributed by atoms with van der Waals surface area (Å²) in [7, 11) is 0. The Morgan fingerprint density at radius 2 is 1.89 bits per heavy atom. The third kappa shape index (κ3) is 4.43. The first-order valence-corrected chi connectivity index (χ1v) is 9.92. The maximum atomic E-state index is 13.0. The number of hydrogen-bond acceptors (Lipinski definition) is 3. The summed E-state index contributed by atoms with van der Waals surface area (Å²) in [5.74, 6) is -0.00628. The predicted molar refractivity (Wildman–Crippen MR) is 110 cm³/mol. The SMILES string of the molecule is C[C@@H]1CN(C(=O)OC(C)(C)C)CCN1C(=O)c1ccc2c(Br)cccc2c1. The average molecular weight is 433 g/mol. The molecule has 1 heterocycles. The Morgan fingerprint density at radius 3 is 2.56 bits per heavy atom. The van der Waals surface area contributed by atoms with Crippen LogP contribution >= 0.6 is 15.9 Å². The van der Waals surface area contributed by atoms with Crippen LogP contribution in [0.5, 0.6) is 0 Å². The summed E-state index contributed by atoms with van der Waals surface area (Å²) >= 11 is 3.54. The van der Waals surface area contributed by atoms with Gasteiger partial charge in [-0.3, -0.25) is 4.79 Å². The Labute approximate surface area is 168 Å². The van der Waals surface area contributed by atoms with Crippen LogP contribution in [0, 0.1) is 0 Å². The van der Waals surface area contributed by atoms with E-state index in [2.05, 4.69) is 15.9 Å². The van der Waals surface area contributed by atoms with E-state index in [4.69, 9.17) is 4.74 Å². The van der Waals surface area contributed by atoms with Crippen molar-refractivity contribution in [2.75, 3.05) is 19.6 Å². The third-order valence-electron chi connectivity index (χ3n) is 4.61. The molecule has 2 aromatic rings. The highest BCUT2D eigenvalue weighted by Gasteiger charge is 2.32. The van der Waals surface area contributed by atoms with Crippen molar-refractivity contribution in [3.63, 3.8) is 0 Å². The molecule has 0 aliphatic carbocycles. The molecule has 1 saturated heterocycles. The molecule has 0 saturated carbocycles. The lowest BCUT2D eigenvalue weighted by molar-refractivity contribution is 0.00617. The molecule has 1 aliphatic rings. The van der Waals surface area contributed by atoms with Crippen molar-refractivity contribution in [3.8, 4) is 0 Å². The highest BCUT2D eigenvalue weighted by Crippen LogP contribution is 2.26. The van der Waals surface area contributed by atoms with Crippen molar-refractivity contribution in [3.05, 3.63) is 46.4 Å². The maximum absolute atomic E-state index is 13.0. The first-order chi connectivity index (χ1) is 12.7. The molecule has 1 atom stereocenters. The molecule has 0 N–H and O–H groups in total. The minimum Gasteiger partial charge on any atom is -0.444 e. The molecule has 2 amide bonds. The van der Waals surface area contributed by atoms with Gasteiger partial charge in [0.05, 0.1) is 0 Å². The Bertz CT molecular complexity index is 875. The van der Waals surface area contributed by atoms with Gasteiger partial charge in [0, 0.05) is 35.7 Å². The van der Waals surface area contributed by atoms with Crippen LogP contribution in [0.2, 0.25) is 0 Å². The van der Waals surface area contributed by atoms with Crippen LogP contribution in [0.25, 0.3) is 10.8 Å². The average Bonchev–Trinajstić information content (AvgIpc) is 2.59. The van der Waals surface area contributed by atoms with Crippen molar-refractivity contribution in [1.82, 2.24) is 9.80 Å². The number of piperazine rings is 1. The number of rotatable bonds is 1. The van der Waals surface area contributed by atoms with Gasteiger partial charge in [-0.05, 0) is 56.7 Å². The Hall–Kier alpha value is -2.08. The standard InChI is InChI=1S/C21H25BrN2O3/c1-14-13-23(20(26)27-21(2,3)4)10-11-24(14)19(25)16-8-9-17-15(12-16)6-5-7-18(17)22/h5-9,12,14H,10-11,13H2,1-4H3/t14-/m1/s1. The van der Waals surface area contributed by atoms with Gasteiger partial charge in [-0.1, -0.05) is 34.1 Å². The van der Waals surface area contributed by atoms with E-state index in [0.717, 1.165) is 15.2 Å². The lowest BCUT2D eigenvalue weighted by Gasteiger charge is -2.40. The fraction of sp³-hybridized carbons (Fsp3) is 0.429. The highest BCUT2D eigenvalue weighted by atomic mass is 79.9. The first kappa shape index (κ1) is 19.7. The predicted octanol–water partition coefficient (Wildman–Crippen LogP) is 4.68. The summed E-state index contributed by atoms with van der Waals surface area (Å²) < 4.78 is 6.46. The van der Waals surface area contributed by atoms with E-state index in [1.165, 1.54) is 0 Å². The van der Waals surface area contributed by atoms with Gasteiger partial charge in [0.2, 0.25) is 0 Å². The van der Waals surface area contributed by atoms with Crippen molar-refractivity contribution < 1.29 is 14.3 Å². The molecule has 1 fully saturated rings. The number of halogens is 1. The normalized spacial score (nSPS) is 17.9. The number of hydrogen-bond donors (Lipinski definition) is 0. The van der Waals surface area contributed by atoms with Gasteiger partial charge in [0.1, 0.15) is 5.60 Å². The van der Waals surface area contributed by atoms with Gasteiger partial charge in [-0.25, -0.2) is 4.79 Å². The van der Waals surface area contributed by atoms with Crippen LogP contribution < -0.4 is 0 Å². The molecule has 5 nitrogen and oxygen atoms in total. The monoisotopic (exact) mass is 432 g/mol. The van der Waals surface area contributed by atoms with Crippen LogP contribution in [0.3, 0.4) is 0 Å². The van der Waals surface area contributed by atoms with Crippen molar-refractivity contribution in [2.24, 2.45) is 0 Å². The first-order valence-electron chi connectivity index (χ1n) is 9.13. The lowest BCUT2D eigenvalue weighted by atomic mass is 10.0. The third-order valence-corrected chi connectivity index (χ3v) is 5.31. The van der Waals surface area contributed by atoms with Crippen LogP contribution in [-0.2, 0) is 4.74 Å². The summed E-state index contributed by atoms with van der Waals surface area (Å²) in [6, 6.07) is 11.6. The van der Waals surface area contributed by atoms with Crippen molar-refractivity contribution in [2.45, 2.75) is 39.3 Å². The summed E-state index contributed by atoms with van der Waals surface area (Å²) in [5.41, 5.74) is 0.144. The zero-order chi connectivity index (χ0) is 19.8. The summed E-state index contributed by atoms with van der Waals surface area (Å²) in [4.78, 5) is 28.8. The molecular weight excluding hydrogens is 408 g/mol. The number of carbonyl (C=O) groups is 2. The van der Waals surface area contributed by atoms with Crippen molar-refractivity contribution >= 4 is 38.7 Å². The van der Waals surface area contributed by atoms with Gasteiger partial charge >= 0.3 is 6.09 Å². The van der Waals surface area contributed by atoms with Crippen LogP contribution in [0.15, 0.2) is 40.9 Å². The molecule has 0 spiro atoms. The van der Waals surface area contributed by atoms with Gasteiger partial charge in [0.15, 0.2) is 0 Å². The molecule has 2 aromatic carbocycles. The number of ether oxygens (including phenoxy) is 1. The van der Waals surface area contributed by atoms with E-state index < -0.39 is 5.60 Å². The molecule has 0 aromatic heterocycles. The van der Waals surface area contributed by atoms with Gasteiger partial charge in [0.25, 0.3) is 5.91 Å². The molecule has 144 valence electrons. The molecule has 1 aliphatic heterocycles. The molecule has 3 rings (SSSR count). The minimum atomic E-state index is -0.521. The Balaban J connectivity index is 1.72. The summed E-state index contributed by atoms with van der Waals surface area (Å²) in [6.45, 7) is 8.97. The van der Waals surface area contributed by atoms with Crippen LogP contribution in [0.1, 0.15) is 38.1 Å². The second kappa shape index (κ2) is 7.50. The fourth-order valence-electron chi connectivity index (χ4n) is 3.29. The van der Waals surface area contributed by atoms with Crippen LogP contribution in [0.4, 0.5) is 4.79 Å². The van der Waals surface area contributed by atoms with Crippen LogP contribution in [-0.4, -0.2) is 53.1 Å². The zero-order valence-electron chi connectivity index (χ0n) is 16.2. The molecule has 6 heteroatoms. The highest BCUT2D eigenvalue weighted by molar-refractivity contribution is 9.10. The fourth-order valence-corrected chi connectivity index (χ4v) is 3.81. The number of amides is 2. The number of fused-ring (bicyclic) bond motifs is 1. The number of benzene rings is 2. The Morgan fingerprint density at radius 1 is 1.15 bits per heavy atom. The number of nitrogens with zero attached hydrogens (tertiary/aromatic N) is 2. The number of carbonyl (C=O) groups excluding carboxylic acids is 2. The zero-order valence-corrected chi connectivity index (χ0v) is 17.7. The minimum absolute atomic E-state index is 0.00628. The molecule has 0 unspecified atom stereocenters. The van der Waals surface area contributed by atoms with E-state index in [1.807, 2.05) is 69.0 Å². The topological polar surface area (TPSA) is 49.9 Å². The van der Waals surface area contributed by atoms with E-state index in [0.29, 0.717) is 25.2 Å². The van der Waals surface area contributed by atoms with E-state index in [-0.39, 0.29) is 18.0 Å². The smallest absolute Gasteiger partial charge is 0.410 e. The van der Waals surface area contributed by atoms with Gasteiger partial charge in [-0.15, -0.1) is 0 Å².